The first-order chi connectivity index (χ1) is 10.9. The zero-order chi connectivity index (χ0) is 16.4. The smallest absolute Gasteiger partial charge is 0.315 e. The molecule has 0 saturated carbocycles. The van der Waals surface area contributed by atoms with E-state index in [-0.39, 0.29) is 5.41 Å². The molecule has 0 aliphatic carbocycles. The van der Waals surface area contributed by atoms with Crippen LogP contribution < -0.4 is 5.32 Å². The molecule has 3 aromatic rings. The van der Waals surface area contributed by atoms with Crippen LogP contribution in [0.5, 0.6) is 0 Å². The minimum Gasteiger partial charge on any atom is -0.408 e. The van der Waals surface area contributed by atoms with E-state index in [2.05, 4.69) is 37.2 Å². The molecule has 2 heterocycles. The van der Waals surface area contributed by atoms with E-state index < -0.39 is 0 Å². The quantitative estimate of drug-likeness (QED) is 0.799. The van der Waals surface area contributed by atoms with Gasteiger partial charge in [0.05, 0.1) is 18.4 Å². The highest BCUT2D eigenvalue weighted by Crippen LogP contribution is 2.22. The van der Waals surface area contributed by atoms with E-state index in [9.17, 15) is 0 Å². The van der Waals surface area contributed by atoms with Crippen molar-refractivity contribution in [3.05, 3.63) is 53.9 Å². The van der Waals surface area contributed by atoms with Crippen LogP contribution in [0.4, 0.5) is 6.01 Å². The van der Waals surface area contributed by atoms with E-state index in [4.69, 9.17) is 4.42 Å². The zero-order valence-electron chi connectivity index (χ0n) is 13.9. The van der Waals surface area contributed by atoms with Gasteiger partial charge in [-0.25, -0.2) is 4.98 Å². The molecule has 3 rings (SSSR count). The Balaban J connectivity index is 1.78. The number of nitrogens with zero attached hydrogens (tertiary/aromatic N) is 4. The van der Waals surface area contributed by atoms with Gasteiger partial charge in [0.25, 0.3) is 0 Å². The van der Waals surface area contributed by atoms with Gasteiger partial charge in [-0.2, -0.15) is 0 Å². The highest BCUT2D eigenvalue weighted by Gasteiger charge is 2.21. The first-order valence-corrected chi connectivity index (χ1v) is 7.61. The summed E-state index contributed by atoms with van der Waals surface area (Å²) in [4.78, 5) is 4.41. The summed E-state index contributed by atoms with van der Waals surface area (Å²) >= 11 is 0. The normalized spacial score (nSPS) is 11.7. The fourth-order valence-electron chi connectivity index (χ4n) is 2.31. The number of nitrogens with one attached hydrogen (secondary N) is 1. The molecule has 0 unspecified atom stereocenters. The van der Waals surface area contributed by atoms with E-state index in [1.54, 1.807) is 0 Å². The van der Waals surface area contributed by atoms with Crippen molar-refractivity contribution >= 4 is 6.01 Å². The number of rotatable bonds is 4. The van der Waals surface area contributed by atoms with Gasteiger partial charge in [-0.3, -0.25) is 4.57 Å². The molecule has 1 aromatic carbocycles. The third-order valence-electron chi connectivity index (χ3n) is 3.51. The molecule has 0 aliphatic rings. The molecular formula is C17H21N5O. The third-order valence-corrected chi connectivity index (χ3v) is 3.51. The summed E-state index contributed by atoms with van der Waals surface area (Å²) in [5.41, 5.74) is 1.96. The molecule has 0 amide bonds. The van der Waals surface area contributed by atoms with Crippen LogP contribution in [0.15, 0.2) is 40.9 Å². The van der Waals surface area contributed by atoms with Crippen molar-refractivity contribution in [1.29, 1.82) is 0 Å². The molecule has 0 fully saturated rings. The highest BCUT2D eigenvalue weighted by atomic mass is 16.4. The number of hydrogen-bond acceptors (Lipinski definition) is 5. The van der Waals surface area contributed by atoms with Crippen LogP contribution in [-0.4, -0.2) is 19.7 Å². The zero-order valence-corrected chi connectivity index (χ0v) is 13.9. The van der Waals surface area contributed by atoms with Crippen molar-refractivity contribution < 1.29 is 4.42 Å². The Bertz CT molecular complexity index is 783. The van der Waals surface area contributed by atoms with Gasteiger partial charge in [0.15, 0.2) is 0 Å². The second-order valence-electron chi connectivity index (χ2n) is 6.48. The van der Waals surface area contributed by atoms with Gasteiger partial charge in [-0.1, -0.05) is 44.1 Å². The van der Waals surface area contributed by atoms with Gasteiger partial charge in [0.2, 0.25) is 5.89 Å². The predicted molar refractivity (Wildman–Crippen MR) is 88.6 cm³/mol. The number of hydrogen-bond donors (Lipinski definition) is 1. The molecule has 1 N–H and O–H groups in total. The maximum Gasteiger partial charge on any atom is 0.315 e. The van der Waals surface area contributed by atoms with E-state index in [0.717, 1.165) is 17.2 Å². The average molecular weight is 311 g/mol. The molecule has 2 aromatic heterocycles. The molecule has 0 bridgehead atoms. The molecule has 23 heavy (non-hydrogen) atoms. The van der Waals surface area contributed by atoms with Crippen molar-refractivity contribution in [2.75, 3.05) is 5.32 Å². The van der Waals surface area contributed by atoms with Crippen LogP contribution >= 0.6 is 0 Å². The van der Waals surface area contributed by atoms with Crippen molar-refractivity contribution in [2.45, 2.75) is 39.7 Å². The van der Waals surface area contributed by atoms with Gasteiger partial charge in [0.1, 0.15) is 5.82 Å². The predicted octanol–water partition coefficient (Wildman–Crippen LogP) is 3.47. The number of para-hydroxylation sites is 1. The van der Waals surface area contributed by atoms with Gasteiger partial charge < -0.3 is 9.73 Å². The minimum atomic E-state index is -0.157. The number of imidazole rings is 1. The summed E-state index contributed by atoms with van der Waals surface area (Å²) in [7, 11) is 0. The Labute approximate surface area is 135 Å². The van der Waals surface area contributed by atoms with E-state index in [1.807, 2.05) is 52.1 Å². The lowest BCUT2D eigenvalue weighted by Crippen LogP contribution is -2.11. The van der Waals surface area contributed by atoms with Gasteiger partial charge in [0, 0.05) is 11.1 Å². The Morgan fingerprint density at radius 2 is 1.87 bits per heavy atom. The molecule has 0 radical (unpaired) electrons. The van der Waals surface area contributed by atoms with Crippen molar-refractivity contribution in [2.24, 2.45) is 0 Å². The average Bonchev–Trinajstić information content (AvgIpc) is 3.12. The molecule has 6 nitrogen and oxygen atoms in total. The van der Waals surface area contributed by atoms with Crippen LogP contribution in [0.25, 0.3) is 5.69 Å². The van der Waals surface area contributed by atoms with Crippen LogP contribution in [0.3, 0.4) is 0 Å². The highest BCUT2D eigenvalue weighted by molar-refractivity contribution is 5.36. The Hall–Kier alpha value is -2.63. The number of benzene rings is 1. The lowest BCUT2D eigenvalue weighted by molar-refractivity contribution is 0.399. The largest absolute Gasteiger partial charge is 0.408 e. The fraction of sp³-hybridized carbons (Fsp3) is 0.353. The van der Waals surface area contributed by atoms with E-state index >= 15 is 0 Å². The molecule has 0 atom stereocenters. The molecule has 120 valence electrons. The first kappa shape index (κ1) is 15.3. The Morgan fingerprint density at radius 1 is 1.13 bits per heavy atom. The Morgan fingerprint density at radius 3 is 2.52 bits per heavy atom. The standard InChI is InChI=1S/C17H21N5O/c1-12-18-10-14(22(12)13-8-6-5-7-9-13)11-19-16-21-20-15(23-16)17(2,3)4/h5-10H,11H2,1-4H3,(H,19,21). The molecule has 0 spiro atoms. The lowest BCUT2D eigenvalue weighted by atomic mass is 9.97. The van der Waals surface area contributed by atoms with Crippen molar-refractivity contribution in [1.82, 2.24) is 19.7 Å². The van der Waals surface area contributed by atoms with Crippen molar-refractivity contribution in [3.63, 3.8) is 0 Å². The van der Waals surface area contributed by atoms with Crippen LogP contribution in [0, 0.1) is 6.92 Å². The monoisotopic (exact) mass is 311 g/mol. The van der Waals surface area contributed by atoms with Gasteiger partial charge in [-0.05, 0) is 19.1 Å². The molecule has 0 saturated heterocycles. The van der Waals surface area contributed by atoms with E-state index in [1.165, 1.54) is 0 Å². The first-order valence-electron chi connectivity index (χ1n) is 7.61. The topological polar surface area (TPSA) is 68.8 Å². The maximum absolute atomic E-state index is 5.66. The summed E-state index contributed by atoms with van der Waals surface area (Å²) in [6.07, 6.45) is 1.86. The Kier molecular flexibility index (Phi) is 3.90. The van der Waals surface area contributed by atoms with Gasteiger partial charge >= 0.3 is 6.01 Å². The summed E-state index contributed by atoms with van der Waals surface area (Å²) in [5.74, 6) is 1.56. The molecular weight excluding hydrogens is 290 g/mol. The molecule has 0 aliphatic heterocycles. The van der Waals surface area contributed by atoms with Gasteiger partial charge in [-0.15, -0.1) is 5.10 Å². The van der Waals surface area contributed by atoms with Crippen molar-refractivity contribution in [3.8, 4) is 5.69 Å². The number of aromatic nitrogens is 4. The second kappa shape index (κ2) is 5.87. The lowest BCUT2D eigenvalue weighted by Gasteiger charge is -2.11. The van der Waals surface area contributed by atoms with E-state index in [0.29, 0.717) is 18.5 Å². The van der Waals surface area contributed by atoms with Crippen LogP contribution in [-0.2, 0) is 12.0 Å². The number of aryl methyl sites for hydroxylation is 1. The SMILES string of the molecule is Cc1ncc(CNc2nnc(C(C)(C)C)o2)n1-c1ccccc1. The summed E-state index contributed by atoms with van der Waals surface area (Å²) in [6.45, 7) is 8.66. The molecule has 6 heteroatoms. The fourth-order valence-corrected chi connectivity index (χ4v) is 2.31. The maximum atomic E-state index is 5.66. The third kappa shape index (κ3) is 3.26. The minimum absolute atomic E-state index is 0.157. The van der Waals surface area contributed by atoms with Crippen LogP contribution in [0.1, 0.15) is 38.2 Å². The number of anilines is 1. The second-order valence-corrected chi connectivity index (χ2v) is 6.48. The van der Waals surface area contributed by atoms with Crippen LogP contribution in [0.2, 0.25) is 0 Å². The summed E-state index contributed by atoms with van der Waals surface area (Å²) in [5, 5.41) is 11.3. The summed E-state index contributed by atoms with van der Waals surface area (Å²) < 4.78 is 7.76. The summed E-state index contributed by atoms with van der Waals surface area (Å²) in [6, 6.07) is 10.6.